The monoisotopic (exact) mass is 291 g/mol. The second-order valence-electron chi connectivity index (χ2n) is 5.81. The molecule has 2 rings (SSSR count). The van der Waals surface area contributed by atoms with Crippen LogP contribution in [0.2, 0.25) is 0 Å². The Hall–Kier alpha value is -0.210. The Kier molecular flexibility index (Phi) is 5.19. The van der Waals surface area contributed by atoms with Gasteiger partial charge >= 0.3 is 0 Å². The summed E-state index contributed by atoms with van der Waals surface area (Å²) in [4.78, 5) is 0. The molecule has 3 unspecified atom stereocenters. The summed E-state index contributed by atoms with van der Waals surface area (Å²) >= 11 is 0. The smallest absolute Gasteiger partial charge is 0.279 e. The first-order valence-electron chi connectivity index (χ1n) is 7.04. The Morgan fingerprint density at radius 3 is 2.58 bits per heavy atom. The molecule has 2 saturated heterocycles. The van der Waals surface area contributed by atoms with Crippen molar-refractivity contribution >= 4 is 10.2 Å². The van der Waals surface area contributed by atoms with E-state index in [4.69, 9.17) is 4.74 Å². The molecule has 19 heavy (non-hydrogen) atoms. The minimum atomic E-state index is -3.37. The van der Waals surface area contributed by atoms with Crippen LogP contribution in [0, 0.1) is 11.8 Å². The summed E-state index contributed by atoms with van der Waals surface area (Å²) in [5, 5.41) is 3.19. The molecule has 0 amide bonds. The summed E-state index contributed by atoms with van der Waals surface area (Å²) in [5.74, 6) is 0.848. The van der Waals surface area contributed by atoms with Gasteiger partial charge in [0, 0.05) is 32.7 Å². The van der Waals surface area contributed by atoms with E-state index in [-0.39, 0.29) is 6.10 Å². The number of morpholine rings is 1. The van der Waals surface area contributed by atoms with Gasteiger partial charge in [-0.05, 0) is 18.3 Å². The number of hydrogen-bond acceptors (Lipinski definition) is 4. The number of piperidine rings is 1. The predicted molar refractivity (Wildman–Crippen MR) is 74.1 cm³/mol. The molecule has 6 nitrogen and oxygen atoms in total. The average Bonchev–Trinajstić information content (AvgIpc) is 2.37. The lowest BCUT2D eigenvalue weighted by molar-refractivity contribution is 0.0320. The molecule has 7 heteroatoms. The minimum Gasteiger partial charge on any atom is -0.374 e. The van der Waals surface area contributed by atoms with Crippen molar-refractivity contribution in [3.63, 3.8) is 0 Å². The topological polar surface area (TPSA) is 70.7 Å². The van der Waals surface area contributed by atoms with Gasteiger partial charge in [-0.25, -0.2) is 0 Å². The van der Waals surface area contributed by atoms with Crippen LogP contribution in [0.15, 0.2) is 0 Å². The van der Waals surface area contributed by atoms with Gasteiger partial charge in [-0.3, -0.25) is 0 Å². The molecule has 2 aliphatic heterocycles. The van der Waals surface area contributed by atoms with Gasteiger partial charge in [-0.15, -0.1) is 0 Å². The van der Waals surface area contributed by atoms with Crippen molar-refractivity contribution in [1.82, 2.24) is 14.3 Å². The summed E-state index contributed by atoms with van der Waals surface area (Å²) in [5.41, 5.74) is 0. The highest BCUT2D eigenvalue weighted by molar-refractivity contribution is 7.87. The average molecular weight is 291 g/mol. The number of nitrogens with one attached hydrogen (secondary N) is 2. The largest absolute Gasteiger partial charge is 0.374 e. The normalized spacial score (nSPS) is 34.3. The van der Waals surface area contributed by atoms with Crippen LogP contribution in [-0.4, -0.2) is 58.2 Å². The summed E-state index contributed by atoms with van der Waals surface area (Å²) in [6.07, 6.45) is 1.03. The van der Waals surface area contributed by atoms with Crippen LogP contribution in [0.25, 0.3) is 0 Å². The lowest BCUT2D eigenvalue weighted by atomic mass is 9.94. The molecule has 2 fully saturated rings. The Morgan fingerprint density at radius 1 is 1.32 bits per heavy atom. The molecule has 0 radical (unpaired) electrons. The van der Waals surface area contributed by atoms with Crippen LogP contribution in [-0.2, 0) is 14.9 Å². The molecular weight excluding hydrogens is 266 g/mol. The Balaban J connectivity index is 1.86. The maximum absolute atomic E-state index is 12.3. The van der Waals surface area contributed by atoms with Crippen LogP contribution in [0.5, 0.6) is 0 Å². The maximum atomic E-state index is 12.3. The van der Waals surface area contributed by atoms with Gasteiger partial charge in [-0.1, -0.05) is 13.8 Å². The van der Waals surface area contributed by atoms with E-state index in [9.17, 15) is 8.42 Å². The number of rotatable bonds is 4. The summed E-state index contributed by atoms with van der Waals surface area (Å²) < 4.78 is 34.3. The van der Waals surface area contributed by atoms with Gasteiger partial charge in [0.05, 0.1) is 12.7 Å². The van der Waals surface area contributed by atoms with Crippen molar-refractivity contribution in [2.75, 3.05) is 39.3 Å². The second kappa shape index (κ2) is 6.49. The predicted octanol–water partition coefficient (Wildman–Crippen LogP) is -0.213. The van der Waals surface area contributed by atoms with Crippen molar-refractivity contribution < 1.29 is 13.2 Å². The first-order chi connectivity index (χ1) is 8.97. The zero-order valence-electron chi connectivity index (χ0n) is 11.8. The molecule has 0 aromatic carbocycles. The lowest BCUT2D eigenvalue weighted by Crippen LogP contribution is -2.51. The summed E-state index contributed by atoms with van der Waals surface area (Å²) in [7, 11) is -3.37. The minimum absolute atomic E-state index is 0.0665. The van der Waals surface area contributed by atoms with E-state index in [0.29, 0.717) is 44.6 Å². The molecule has 0 saturated carbocycles. The van der Waals surface area contributed by atoms with Crippen molar-refractivity contribution in [3.05, 3.63) is 0 Å². The molecular formula is C12H25N3O3S. The molecule has 2 aliphatic rings. The van der Waals surface area contributed by atoms with E-state index < -0.39 is 10.2 Å². The molecule has 0 aromatic heterocycles. The molecule has 0 spiro atoms. The highest BCUT2D eigenvalue weighted by atomic mass is 32.2. The van der Waals surface area contributed by atoms with Gasteiger partial charge in [-0.2, -0.15) is 17.4 Å². The summed E-state index contributed by atoms with van der Waals surface area (Å²) in [6, 6.07) is 0. The number of hydrogen-bond donors (Lipinski definition) is 2. The fraction of sp³-hybridized carbons (Fsp3) is 1.00. The Bertz CT molecular complexity index is 372. The highest BCUT2D eigenvalue weighted by Gasteiger charge is 2.30. The quantitative estimate of drug-likeness (QED) is 0.752. The zero-order valence-corrected chi connectivity index (χ0v) is 12.6. The zero-order chi connectivity index (χ0) is 13.9. The number of nitrogens with zero attached hydrogens (tertiary/aromatic N) is 1. The maximum Gasteiger partial charge on any atom is 0.279 e. The molecule has 0 aliphatic carbocycles. The van der Waals surface area contributed by atoms with Crippen molar-refractivity contribution in [2.45, 2.75) is 26.4 Å². The first kappa shape index (κ1) is 15.2. The van der Waals surface area contributed by atoms with Crippen LogP contribution in [0.4, 0.5) is 0 Å². The van der Waals surface area contributed by atoms with E-state index in [2.05, 4.69) is 23.9 Å². The van der Waals surface area contributed by atoms with Crippen LogP contribution in [0.3, 0.4) is 0 Å². The third kappa shape index (κ3) is 4.39. The van der Waals surface area contributed by atoms with Crippen molar-refractivity contribution in [2.24, 2.45) is 11.8 Å². The standard InChI is InChI=1S/C12H25N3O3S/c1-10-5-11(2)9-15(8-10)19(16,17)14-7-12-6-13-3-4-18-12/h10-14H,3-9H2,1-2H3. The molecule has 2 N–H and O–H groups in total. The van der Waals surface area contributed by atoms with E-state index in [1.165, 1.54) is 0 Å². The fourth-order valence-electron chi connectivity index (χ4n) is 2.84. The first-order valence-corrected chi connectivity index (χ1v) is 8.48. The van der Waals surface area contributed by atoms with Gasteiger partial charge in [0.25, 0.3) is 10.2 Å². The third-order valence-electron chi connectivity index (χ3n) is 3.67. The molecule has 112 valence electrons. The Morgan fingerprint density at radius 2 is 2.00 bits per heavy atom. The SMILES string of the molecule is CC1CC(C)CN(S(=O)(=O)NCC2CNCCO2)C1. The van der Waals surface area contributed by atoms with E-state index in [1.807, 2.05) is 0 Å². The van der Waals surface area contributed by atoms with Gasteiger partial charge in [0.1, 0.15) is 0 Å². The van der Waals surface area contributed by atoms with Crippen LogP contribution < -0.4 is 10.0 Å². The van der Waals surface area contributed by atoms with Crippen LogP contribution in [0.1, 0.15) is 20.3 Å². The highest BCUT2D eigenvalue weighted by Crippen LogP contribution is 2.22. The lowest BCUT2D eigenvalue weighted by Gasteiger charge is -2.34. The van der Waals surface area contributed by atoms with Crippen molar-refractivity contribution in [3.8, 4) is 0 Å². The van der Waals surface area contributed by atoms with Gasteiger partial charge < -0.3 is 10.1 Å². The van der Waals surface area contributed by atoms with Gasteiger partial charge in [0.2, 0.25) is 0 Å². The van der Waals surface area contributed by atoms with E-state index >= 15 is 0 Å². The summed E-state index contributed by atoms with van der Waals surface area (Å²) in [6.45, 7) is 7.96. The van der Waals surface area contributed by atoms with Gasteiger partial charge in [0.15, 0.2) is 0 Å². The number of ether oxygens (including phenoxy) is 1. The third-order valence-corrected chi connectivity index (χ3v) is 5.18. The fourth-order valence-corrected chi connectivity index (χ4v) is 4.32. The van der Waals surface area contributed by atoms with Crippen LogP contribution >= 0.6 is 0 Å². The molecule has 2 heterocycles. The molecule has 3 atom stereocenters. The molecule has 0 bridgehead atoms. The van der Waals surface area contributed by atoms with E-state index in [1.54, 1.807) is 4.31 Å². The van der Waals surface area contributed by atoms with E-state index in [0.717, 1.165) is 13.0 Å². The Labute approximate surface area is 116 Å². The second-order valence-corrected chi connectivity index (χ2v) is 7.57. The molecule has 0 aromatic rings. The van der Waals surface area contributed by atoms with Crippen molar-refractivity contribution in [1.29, 1.82) is 0 Å².